The van der Waals surface area contributed by atoms with Crippen LogP contribution in [0.1, 0.15) is 29.2 Å². The lowest BCUT2D eigenvalue weighted by Gasteiger charge is -2.18. The van der Waals surface area contributed by atoms with Crippen LogP contribution in [-0.2, 0) is 9.59 Å². The van der Waals surface area contributed by atoms with Crippen molar-refractivity contribution in [3.63, 3.8) is 0 Å². The first-order valence-corrected chi connectivity index (χ1v) is 8.76. The van der Waals surface area contributed by atoms with Gasteiger partial charge in [-0.1, -0.05) is 65.8 Å². The summed E-state index contributed by atoms with van der Waals surface area (Å²) in [6, 6.07) is 21.8. The van der Waals surface area contributed by atoms with E-state index in [0.29, 0.717) is 18.7 Å². The van der Waals surface area contributed by atoms with E-state index >= 15 is 0 Å². The molecular formula is C21H21N3O3. The molecular weight excluding hydrogens is 342 g/mol. The molecule has 0 aliphatic heterocycles. The molecule has 3 aromatic rings. The van der Waals surface area contributed by atoms with Gasteiger partial charge in [0.25, 0.3) is 0 Å². The van der Waals surface area contributed by atoms with Crippen LogP contribution in [0.5, 0.6) is 0 Å². The van der Waals surface area contributed by atoms with E-state index < -0.39 is 11.8 Å². The minimum Gasteiger partial charge on any atom is -0.360 e. The molecule has 2 aromatic carbocycles. The second-order valence-electron chi connectivity index (χ2n) is 6.20. The number of carbonyl (C=O) groups excluding carboxylic acids is 2. The average Bonchev–Trinajstić information content (AvgIpc) is 3.11. The maximum absolute atomic E-state index is 12.0. The summed E-state index contributed by atoms with van der Waals surface area (Å²) in [5.74, 6) is -0.554. The first-order chi connectivity index (χ1) is 13.1. The molecule has 0 unspecified atom stereocenters. The van der Waals surface area contributed by atoms with Gasteiger partial charge >= 0.3 is 11.8 Å². The van der Waals surface area contributed by atoms with E-state index in [1.807, 2.05) is 36.4 Å². The first-order valence-electron chi connectivity index (χ1n) is 8.76. The zero-order chi connectivity index (χ0) is 19.1. The molecule has 0 spiro atoms. The van der Waals surface area contributed by atoms with Crippen LogP contribution in [0.3, 0.4) is 0 Å². The molecule has 0 saturated carbocycles. The highest BCUT2D eigenvalue weighted by Gasteiger charge is 2.17. The summed E-state index contributed by atoms with van der Waals surface area (Å²) in [5.41, 5.74) is 2.33. The Balaban J connectivity index is 1.59. The highest BCUT2D eigenvalue weighted by molar-refractivity contribution is 6.39. The fraction of sp³-hybridized carbons (Fsp3) is 0.190. The number of carbonyl (C=O) groups is 2. The number of nitrogens with zero attached hydrogens (tertiary/aromatic N) is 1. The van der Waals surface area contributed by atoms with Crippen LogP contribution in [0.4, 0.5) is 5.82 Å². The van der Waals surface area contributed by atoms with Gasteiger partial charge in [-0.3, -0.25) is 14.9 Å². The lowest BCUT2D eigenvalue weighted by atomic mass is 9.88. The van der Waals surface area contributed by atoms with Crippen molar-refractivity contribution in [3.05, 3.63) is 83.6 Å². The second-order valence-corrected chi connectivity index (χ2v) is 6.20. The molecule has 0 atom stereocenters. The normalized spacial score (nSPS) is 10.6. The van der Waals surface area contributed by atoms with Crippen LogP contribution in [-0.4, -0.2) is 23.5 Å². The van der Waals surface area contributed by atoms with E-state index in [1.54, 1.807) is 13.0 Å². The Bertz CT molecular complexity index is 852. The standard InChI is InChI=1S/C21H21N3O3/c1-15-14-19(24-27-15)23-21(26)20(25)22-13-12-18(16-8-4-2-5-9-16)17-10-6-3-7-11-17/h2-11,14,18H,12-13H2,1H3,(H,22,25)(H,23,24,26). The maximum atomic E-state index is 12.0. The smallest absolute Gasteiger partial charge is 0.314 e. The van der Waals surface area contributed by atoms with Gasteiger partial charge in [-0.2, -0.15) is 0 Å². The van der Waals surface area contributed by atoms with E-state index in [4.69, 9.17) is 4.52 Å². The summed E-state index contributed by atoms with van der Waals surface area (Å²) in [5, 5.41) is 8.72. The minimum atomic E-state index is -0.765. The Morgan fingerprint density at radius 1 is 0.963 bits per heavy atom. The molecule has 0 saturated heterocycles. The summed E-state index contributed by atoms with van der Waals surface area (Å²) in [4.78, 5) is 24.0. The van der Waals surface area contributed by atoms with Crippen LogP contribution in [0.15, 0.2) is 71.3 Å². The Morgan fingerprint density at radius 3 is 2.07 bits per heavy atom. The summed E-state index contributed by atoms with van der Waals surface area (Å²) < 4.78 is 4.86. The third-order valence-electron chi connectivity index (χ3n) is 4.20. The minimum absolute atomic E-state index is 0.133. The van der Waals surface area contributed by atoms with Crippen molar-refractivity contribution in [2.45, 2.75) is 19.3 Å². The fourth-order valence-electron chi connectivity index (χ4n) is 2.91. The van der Waals surface area contributed by atoms with Crippen molar-refractivity contribution in [2.24, 2.45) is 0 Å². The van der Waals surface area contributed by atoms with E-state index in [-0.39, 0.29) is 11.7 Å². The van der Waals surface area contributed by atoms with Crippen molar-refractivity contribution in [2.75, 3.05) is 11.9 Å². The summed E-state index contributed by atoms with van der Waals surface area (Å²) >= 11 is 0. The number of benzene rings is 2. The van der Waals surface area contributed by atoms with Crippen LogP contribution in [0, 0.1) is 6.92 Å². The van der Waals surface area contributed by atoms with Gasteiger partial charge in [0.1, 0.15) is 5.76 Å². The number of hydrogen-bond acceptors (Lipinski definition) is 4. The summed E-state index contributed by atoms with van der Waals surface area (Å²) in [6.07, 6.45) is 0.677. The third-order valence-corrected chi connectivity index (χ3v) is 4.20. The first kappa shape index (κ1) is 18.4. The molecule has 0 radical (unpaired) electrons. The van der Waals surface area contributed by atoms with Crippen LogP contribution in [0.25, 0.3) is 0 Å². The molecule has 2 N–H and O–H groups in total. The van der Waals surface area contributed by atoms with E-state index in [0.717, 1.165) is 0 Å². The molecule has 3 rings (SSSR count). The van der Waals surface area contributed by atoms with Crippen LogP contribution < -0.4 is 10.6 Å². The second kappa shape index (κ2) is 8.80. The Labute approximate surface area is 157 Å². The van der Waals surface area contributed by atoms with Crippen molar-refractivity contribution in [3.8, 4) is 0 Å². The number of hydrogen-bond donors (Lipinski definition) is 2. The molecule has 0 aliphatic carbocycles. The quantitative estimate of drug-likeness (QED) is 0.659. The zero-order valence-corrected chi connectivity index (χ0v) is 15.0. The van der Waals surface area contributed by atoms with Crippen LogP contribution >= 0.6 is 0 Å². The van der Waals surface area contributed by atoms with E-state index in [1.165, 1.54) is 11.1 Å². The van der Waals surface area contributed by atoms with E-state index in [2.05, 4.69) is 40.1 Å². The topological polar surface area (TPSA) is 84.2 Å². The molecule has 6 nitrogen and oxygen atoms in total. The van der Waals surface area contributed by atoms with Gasteiger partial charge in [0.15, 0.2) is 5.82 Å². The third kappa shape index (κ3) is 5.04. The Morgan fingerprint density at radius 2 is 1.56 bits per heavy atom. The van der Waals surface area contributed by atoms with Crippen molar-refractivity contribution < 1.29 is 14.1 Å². The Hall–Kier alpha value is -3.41. The van der Waals surface area contributed by atoms with E-state index in [9.17, 15) is 9.59 Å². The van der Waals surface area contributed by atoms with Gasteiger partial charge in [-0.15, -0.1) is 0 Å². The monoisotopic (exact) mass is 363 g/mol. The number of aryl methyl sites for hydroxylation is 1. The SMILES string of the molecule is Cc1cc(NC(=O)C(=O)NCCC(c2ccccc2)c2ccccc2)no1. The van der Waals surface area contributed by atoms with Gasteiger partial charge in [-0.25, -0.2) is 0 Å². The fourth-order valence-corrected chi connectivity index (χ4v) is 2.91. The van der Waals surface area contributed by atoms with Crippen molar-refractivity contribution in [1.82, 2.24) is 10.5 Å². The molecule has 1 heterocycles. The van der Waals surface area contributed by atoms with Gasteiger partial charge in [-0.05, 0) is 24.5 Å². The molecule has 0 aliphatic rings. The zero-order valence-electron chi connectivity index (χ0n) is 15.0. The highest BCUT2D eigenvalue weighted by Crippen LogP contribution is 2.27. The van der Waals surface area contributed by atoms with Gasteiger partial charge in [0.05, 0.1) is 0 Å². The number of aromatic nitrogens is 1. The lowest BCUT2D eigenvalue weighted by Crippen LogP contribution is -2.36. The highest BCUT2D eigenvalue weighted by atomic mass is 16.5. The number of anilines is 1. The summed E-state index contributed by atoms with van der Waals surface area (Å²) in [6.45, 7) is 2.08. The predicted molar refractivity (Wildman–Crippen MR) is 102 cm³/mol. The molecule has 0 bridgehead atoms. The largest absolute Gasteiger partial charge is 0.360 e. The molecule has 6 heteroatoms. The molecule has 2 amide bonds. The van der Waals surface area contributed by atoms with Crippen molar-refractivity contribution in [1.29, 1.82) is 0 Å². The number of rotatable bonds is 6. The maximum Gasteiger partial charge on any atom is 0.314 e. The average molecular weight is 363 g/mol. The molecule has 138 valence electrons. The van der Waals surface area contributed by atoms with Gasteiger partial charge in [0, 0.05) is 18.5 Å². The molecule has 1 aromatic heterocycles. The Kier molecular flexibility index (Phi) is 5.99. The molecule has 0 fully saturated rings. The van der Waals surface area contributed by atoms with Gasteiger partial charge in [0.2, 0.25) is 0 Å². The molecule has 27 heavy (non-hydrogen) atoms. The lowest BCUT2D eigenvalue weighted by molar-refractivity contribution is -0.136. The van der Waals surface area contributed by atoms with Crippen LogP contribution in [0.2, 0.25) is 0 Å². The number of amides is 2. The predicted octanol–water partition coefficient (Wildman–Crippen LogP) is 3.26. The van der Waals surface area contributed by atoms with Crippen molar-refractivity contribution >= 4 is 17.6 Å². The van der Waals surface area contributed by atoms with Gasteiger partial charge < -0.3 is 9.84 Å². The number of nitrogens with one attached hydrogen (secondary N) is 2. The summed E-state index contributed by atoms with van der Waals surface area (Å²) in [7, 11) is 0.